The molecular formula is C15H11NO2S. The van der Waals surface area contributed by atoms with Gasteiger partial charge in [0.2, 0.25) is 0 Å². The second-order valence-electron chi connectivity index (χ2n) is 4.36. The molecule has 3 rings (SSSR count). The van der Waals surface area contributed by atoms with Crippen LogP contribution in [-0.4, -0.2) is 9.86 Å². The summed E-state index contributed by atoms with van der Waals surface area (Å²) in [4.78, 5) is 24.3. The lowest BCUT2D eigenvalue weighted by Gasteiger charge is -2.02. The molecule has 0 saturated heterocycles. The summed E-state index contributed by atoms with van der Waals surface area (Å²) in [5.41, 5.74) is 2.35. The summed E-state index contributed by atoms with van der Waals surface area (Å²) < 4.78 is 1.37. The van der Waals surface area contributed by atoms with Crippen LogP contribution in [0.25, 0.3) is 10.9 Å². The van der Waals surface area contributed by atoms with Crippen LogP contribution in [0.2, 0.25) is 0 Å². The van der Waals surface area contributed by atoms with Crippen LogP contribution in [0, 0.1) is 6.92 Å². The van der Waals surface area contributed by atoms with E-state index in [0.717, 1.165) is 17.1 Å². The van der Waals surface area contributed by atoms with Crippen molar-refractivity contribution in [3.63, 3.8) is 0 Å². The molecule has 1 aromatic heterocycles. The number of benzene rings is 2. The molecule has 1 heterocycles. The van der Waals surface area contributed by atoms with E-state index in [-0.39, 0.29) is 10.6 Å². The number of carbonyl (C=O) groups is 1. The van der Waals surface area contributed by atoms with Crippen molar-refractivity contribution in [1.29, 1.82) is 0 Å². The summed E-state index contributed by atoms with van der Waals surface area (Å²) >= 11 is 0.946. The highest BCUT2D eigenvalue weighted by atomic mass is 32.1. The van der Waals surface area contributed by atoms with Gasteiger partial charge in [0.05, 0.1) is 10.9 Å². The van der Waals surface area contributed by atoms with Crippen molar-refractivity contribution in [1.82, 2.24) is 3.96 Å². The van der Waals surface area contributed by atoms with Gasteiger partial charge in [-0.15, -0.1) is 0 Å². The van der Waals surface area contributed by atoms with Crippen LogP contribution in [-0.2, 0) is 0 Å². The quantitative estimate of drug-likeness (QED) is 0.681. The normalized spacial score (nSPS) is 10.8. The molecule has 0 aliphatic rings. The maximum Gasteiger partial charge on any atom is 0.271 e. The fourth-order valence-corrected chi connectivity index (χ4v) is 2.85. The first-order valence-electron chi connectivity index (χ1n) is 5.89. The van der Waals surface area contributed by atoms with E-state index < -0.39 is 0 Å². The fourth-order valence-electron chi connectivity index (χ4n) is 1.97. The number of hydrogen-bond acceptors (Lipinski definition) is 3. The Morgan fingerprint density at radius 3 is 2.47 bits per heavy atom. The Balaban J connectivity index is 2.17. The third-order valence-corrected chi connectivity index (χ3v) is 3.93. The van der Waals surface area contributed by atoms with Crippen LogP contribution >= 0.6 is 11.5 Å². The number of carbonyl (C=O) groups excluding carboxylic acids is 1. The first-order valence-corrected chi connectivity index (χ1v) is 6.66. The molecule has 0 N–H and O–H groups in total. The lowest BCUT2D eigenvalue weighted by atomic mass is 10.1. The Labute approximate surface area is 113 Å². The minimum absolute atomic E-state index is 0.0870. The molecule has 3 aromatic rings. The van der Waals surface area contributed by atoms with Gasteiger partial charge in [0.15, 0.2) is 0 Å². The molecule has 0 bridgehead atoms. The third-order valence-electron chi connectivity index (χ3n) is 3.00. The third kappa shape index (κ3) is 2.00. The monoisotopic (exact) mass is 269 g/mol. The van der Waals surface area contributed by atoms with Gasteiger partial charge in [-0.3, -0.25) is 9.59 Å². The maximum atomic E-state index is 12.4. The first-order chi connectivity index (χ1) is 9.16. The average molecular weight is 269 g/mol. The smallest absolute Gasteiger partial charge is 0.271 e. The molecule has 0 atom stereocenters. The van der Waals surface area contributed by atoms with Gasteiger partial charge in [0.25, 0.3) is 10.6 Å². The Bertz CT molecular complexity index is 812. The summed E-state index contributed by atoms with van der Waals surface area (Å²) in [6, 6.07) is 14.5. The van der Waals surface area contributed by atoms with Gasteiger partial charge in [0.1, 0.15) is 0 Å². The topological polar surface area (TPSA) is 39.1 Å². The molecule has 0 radical (unpaired) electrons. The van der Waals surface area contributed by atoms with E-state index in [0.29, 0.717) is 16.5 Å². The van der Waals surface area contributed by atoms with Crippen molar-refractivity contribution in [3.8, 4) is 0 Å². The second-order valence-corrected chi connectivity index (χ2v) is 5.28. The van der Waals surface area contributed by atoms with Crippen molar-refractivity contribution in [2.75, 3.05) is 0 Å². The SMILES string of the molecule is Cc1ccc(C(=O)n2sc(=O)c3ccccc32)cc1. The number of para-hydroxylation sites is 1. The number of fused-ring (bicyclic) bond motifs is 1. The Morgan fingerprint density at radius 2 is 1.74 bits per heavy atom. The predicted molar refractivity (Wildman–Crippen MR) is 77.0 cm³/mol. The largest absolute Gasteiger partial charge is 0.276 e. The number of nitrogens with zero attached hydrogens (tertiary/aromatic N) is 1. The molecule has 0 aliphatic heterocycles. The summed E-state index contributed by atoms with van der Waals surface area (Å²) in [5, 5.41) is 0.591. The number of aryl methyl sites for hydroxylation is 1. The molecule has 0 saturated carbocycles. The minimum Gasteiger partial charge on any atom is -0.276 e. The van der Waals surface area contributed by atoms with Gasteiger partial charge < -0.3 is 0 Å². The molecule has 2 aromatic carbocycles. The molecular weight excluding hydrogens is 258 g/mol. The van der Waals surface area contributed by atoms with Gasteiger partial charge in [-0.2, -0.15) is 0 Å². The summed E-state index contributed by atoms with van der Waals surface area (Å²) in [5.74, 6) is -0.164. The van der Waals surface area contributed by atoms with Crippen molar-refractivity contribution in [2.24, 2.45) is 0 Å². The number of aromatic nitrogens is 1. The highest BCUT2D eigenvalue weighted by Crippen LogP contribution is 2.16. The lowest BCUT2D eigenvalue weighted by molar-refractivity contribution is 0.0975. The van der Waals surface area contributed by atoms with Crippen LogP contribution in [0.5, 0.6) is 0 Å². The molecule has 0 fully saturated rings. The van der Waals surface area contributed by atoms with E-state index in [1.165, 1.54) is 3.96 Å². The Kier molecular flexibility index (Phi) is 2.80. The van der Waals surface area contributed by atoms with Crippen LogP contribution in [0.3, 0.4) is 0 Å². The van der Waals surface area contributed by atoms with E-state index in [1.807, 2.05) is 25.1 Å². The Morgan fingerprint density at radius 1 is 1.05 bits per heavy atom. The average Bonchev–Trinajstić information content (AvgIpc) is 2.77. The van der Waals surface area contributed by atoms with E-state index in [1.54, 1.807) is 30.3 Å². The summed E-state index contributed by atoms with van der Waals surface area (Å²) in [6.07, 6.45) is 0. The van der Waals surface area contributed by atoms with E-state index in [2.05, 4.69) is 0 Å². The molecule has 0 unspecified atom stereocenters. The van der Waals surface area contributed by atoms with Gasteiger partial charge >= 0.3 is 0 Å². The van der Waals surface area contributed by atoms with Crippen LogP contribution in [0.15, 0.2) is 53.3 Å². The lowest BCUT2D eigenvalue weighted by Crippen LogP contribution is -2.09. The van der Waals surface area contributed by atoms with Gasteiger partial charge in [-0.25, -0.2) is 3.96 Å². The number of hydrogen-bond donors (Lipinski definition) is 0. The van der Waals surface area contributed by atoms with Crippen molar-refractivity contribution in [3.05, 3.63) is 69.2 Å². The van der Waals surface area contributed by atoms with Crippen molar-refractivity contribution in [2.45, 2.75) is 6.92 Å². The molecule has 19 heavy (non-hydrogen) atoms. The molecule has 94 valence electrons. The van der Waals surface area contributed by atoms with Gasteiger partial charge in [-0.1, -0.05) is 29.8 Å². The highest BCUT2D eigenvalue weighted by molar-refractivity contribution is 7.06. The second kappa shape index (κ2) is 4.48. The standard InChI is InChI=1S/C15H11NO2S/c1-10-6-8-11(9-7-10)14(17)16-13-5-3-2-4-12(13)15(18)19-16/h2-9H,1H3. The summed E-state index contributed by atoms with van der Waals surface area (Å²) in [7, 11) is 0. The van der Waals surface area contributed by atoms with E-state index in [4.69, 9.17) is 0 Å². The van der Waals surface area contributed by atoms with Gasteiger partial charge in [0, 0.05) is 5.56 Å². The summed E-state index contributed by atoms with van der Waals surface area (Å²) in [6.45, 7) is 1.97. The minimum atomic E-state index is -0.164. The van der Waals surface area contributed by atoms with Crippen molar-refractivity contribution < 1.29 is 4.79 Å². The van der Waals surface area contributed by atoms with Gasteiger partial charge in [-0.05, 0) is 42.7 Å². The number of rotatable bonds is 1. The van der Waals surface area contributed by atoms with Crippen LogP contribution in [0.1, 0.15) is 15.9 Å². The van der Waals surface area contributed by atoms with E-state index >= 15 is 0 Å². The fraction of sp³-hybridized carbons (Fsp3) is 0.0667. The maximum absolute atomic E-state index is 12.4. The first kappa shape index (κ1) is 11.9. The van der Waals surface area contributed by atoms with Crippen LogP contribution in [0.4, 0.5) is 0 Å². The Hall–Kier alpha value is -2.20. The molecule has 0 aliphatic carbocycles. The van der Waals surface area contributed by atoms with Crippen molar-refractivity contribution >= 4 is 28.3 Å². The molecule has 3 nitrogen and oxygen atoms in total. The van der Waals surface area contributed by atoms with E-state index in [9.17, 15) is 9.59 Å². The highest BCUT2D eigenvalue weighted by Gasteiger charge is 2.14. The molecule has 0 spiro atoms. The van der Waals surface area contributed by atoms with Crippen LogP contribution < -0.4 is 4.74 Å². The molecule has 0 amide bonds. The zero-order chi connectivity index (χ0) is 13.4. The predicted octanol–water partition coefficient (Wildman–Crippen LogP) is 3.06. The molecule has 4 heteroatoms. The zero-order valence-corrected chi connectivity index (χ0v) is 11.1. The zero-order valence-electron chi connectivity index (χ0n) is 10.3.